The summed E-state index contributed by atoms with van der Waals surface area (Å²) in [6, 6.07) is 9.60. The summed E-state index contributed by atoms with van der Waals surface area (Å²) in [6.07, 6.45) is 3.88. The van der Waals surface area contributed by atoms with E-state index in [0.29, 0.717) is 12.2 Å². The van der Waals surface area contributed by atoms with Gasteiger partial charge in [-0.05, 0) is 42.8 Å². The molecule has 1 aliphatic heterocycles. The highest BCUT2D eigenvalue weighted by Gasteiger charge is 2.16. The molecule has 1 fully saturated rings. The minimum absolute atomic E-state index is 0.0373. The lowest BCUT2D eigenvalue weighted by Gasteiger charge is -2.22. The van der Waals surface area contributed by atoms with Crippen molar-refractivity contribution in [3.63, 3.8) is 0 Å². The van der Waals surface area contributed by atoms with Crippen molar-refractivity contribution in [2.24, 2.45) is 0 Å². The number of nitrogens with zero attached hydrogens (tertiary/aromatic N) is 1. The third kappa shape index (κ3) is 4.72. The Kier molecular flexibility index (Phi) is 5.72. The molecule has 1 aliphatic rings. The predicted octanol–water partition coefficient (Wildman–Crippen LogP) is 3.22. The van der Waals surface area contributed by atoms with Crippen LogP contribution in [0.25, 0.3) is 0 Å². The molecule has 0 radical (unpaired) electrons. The second-order valence-electron chi connectivity index (χ2n) is 5.75. The lowest BCUT2D eigenvalue weighted by Crippen LogP contribution is -2.39. The van der Waals surface area contributed by atoms with Crippen LogP contribution in [0.2, 0.25) is 0 Å². The van der Waals surface area contributed by atoms with Crippen molar-refractivity contribution in [3.8, 4) is 11.5 Å². The fraction of sp³-hybridized carbons (Fsp3) is 0.333. The molecule has 24 heavy (non-hydrogen) atoms. The first-order chi connectivity index (χ1) is 11.7. The van der Waals surface area contributed by atoms with E-state index in [0.717, 1.165) is 35.1 Å². The summed E-state index contributed by atoms with van der Waals surface area (Å²) in [5.74, 6) is 3.60. The number of hydrogen-bond acceptors (Lipinski definition) is 5. The van der Waals surface area contributed by atoms with Crippen LogP contribution in [-0.4, -0.2) is 35.0 Å². The Hall–Kier alpha value is -2.05. The number of carbonyl (C=O) groups is 1. The maximum Gasteiger partial charge on any atom is 0.225 e. The van der Waals surface area contributed by atoms with E-state index >= 15 is 0 Å². The predicted molar refractivity (Wildman–Crippen MR) is 97.9 cm³/mol. The first-order valence-corrected chi connectivity index (χ1v) is 9.16. The highest BCUT2D eigenvalue weighted by atomic mass is 32.2. The van der Waals surface area contributed by atoms with Crippen LogP contribution in [0.4, 0.5) is 5.69 Å². The van der Waals surface area contributed by atoms with Gasteiger partial charge in [-0.1, -0.05) is 0 Å². The summed E-state index contributed by atoms with van der Waals surface area (Å²) >= 11 is 1.89. The number of pyridine rings is 1. The number of anilines is 1. The van der Waals surface area contributed by atoms with Crippen LogP contribution in [0, 0.1) is 6.92 Å². The van der Waals surface area contributed by atoms with Crippen LogP contribution < -0.4 is 15.4 Å². The number of rotatable bonds is 5. The number of nitrogens with one attached hydrogen (secondary N) is 2. The van der Waals surface area contributed by atoms with Gasteiger partial charge in [-0.15, -0.1) is 0 Å². The third-order valence-electron chi connectivity index (χ3n) is 3.75. The molecule has 5 nitrogen and oxygen atoms in total. The number of ether oxygens (including phenoxy) is 1. The fourth-order valence-corrected chi connectivity index (χ4v) is 3.51. The number of amides is 1. The number of carbonyl (C=O) groups excluding carboxylic acids is 1. The molecule has 2 N–H and O–H groups in total. The van der Waals surface area contributed by atoms with E-state index in [1.54, 1.807) is 12.4 Å². The first kappa shape index (κ1) is 16.8. The van der Waals surface area contributed by atoms with Crippen LogP contribution in [0.15, 0.2) is 42.7 Å². The summed E-state index contributed by atoms with van der Waals surface area (Å²) < 4.78 is 5.80. The molecule has 2 heterocycles. The molecule has 1 unspecified atom stereocenters. The van der Waals surface area contributed by atoms with E-state index in [1.807, 2.05) is 49.0 Å². The van der Waals surface area contributed by atoms with Gasteiger partial charge in [0, 0.05) is 42.4 Å². The molecule has 3 rings (SSSR count). The molecule has 126 valence electrons. The van der Waals surface area contributed by atoms with Crippen molar-refractivity contribution in [1.29, 1.82) is 0 Å². The Morgan fingerprint density at radius 1 is 1.46 bits per heavy atom. The summed E-state index contributed by atoms with van der Waals surface area (Å²) in [6.45, 7) is 2.93. The summed E-state index contributed by atoms with van der Waals surface area (Å²) in [5, 5.41) is 6.34. The van der Waals surface area contributed by atoms with Crippen molar-refractivity contribution in [2.75, 3.05) is 23.4 Å². The molecule has 0 aliphatic carbocycles. The molecule has 1 aromatic carbocycles. The molecule has 1 amide bonds. The molecular weight excluding hydrogens is 322 g/mol. The Balaban J connectivity index is 1.58. The minimum atomic E-state index is 0.0373. The van der Waals surface area contributed by atoms with Gasteiger partial charge in [0.2, 0.25) is 5.91 Å². The van der Waals surface area contributed by atoms with E-state index < -0.39 is 0 Å². The maximum absolute atomic E-state index is 12.2. The zero-order chi connectivity index (χ0) is 16.8. The number of benzene rings is 1. The summed E-state index contributed by atoms with van der Waals surface area (Å²) in [4.78, 5) is 16.2. The Labute approximate surface area is 146 Å². The van der Waals surface area contributed by atoms with Crippen molar-refractivity contribution < 1.29 is 9.53 Å². The van der Waals surface area contributed by atoms with Gasteiger partial charge in [0.1, 0.15) is 11.5 Å². The molecule has 2 aromatic rings. The normalized spacial score (nSPS) is 17.3. The lowest BCUT2D eigenvalue weighted by atomic mass is 10.1. The Morgan fingerprint density at radius 3 is 3.08 bits per heavy atom. The van der Waals surface area contributed by atoms with E-state index in [2.05, 4.69) is 15.6 Å². The number of aryl methyl sites for hydroxylation is 1. The summed E-state index contributed by atoms with van der Waals surface area (Å²) in [7, 11) is 0. The molecule has 1 atom stereocenters. The fourth-order valence-electron chi connectivity index (χ4n) is 2.56. The summed E-state index contributed by atoms with van der Waals surface area (Å²) in [5.41, 5.74) is 1.75. The standard InChI is InChI=1S/C18H21N3O2S/c1-13-9-14(21-18(22)10-15-12-24-8-7-20-15)4-5-17(13)23-16-3-2-6-19-11-16/h2-6,9,11,15,20H,7-8,10,12H2,1H3,(H,21,22). The highest BCUT2D eigenvalue weighted by molar-refractivity contribution is 7.99. The van der Waals surface area contributed by atoms with Gasteiger partial charge in [0.05, 0.1) is 6.20 Å². The first-order valence-electron chi connectivity index (χ1n) is 8.00. The average Bonchev–Trinajstić information content (AvgIpc) is 2.59. The number of hydrogen-bond donors (Lipinski definition) is 2. The maximum atomic E-state index is 12.2. The van der Waals surface area contributed by atoms with Gasteiger partial charge in [-0.3, -0.25) is 9.78 Å². The van der Waals surface area contributed by atoms with Crippen molar-refractivity contribution >= 4 is 23.4 Å². The van der Waals surface area contributed by atoms with Crippen molar-refractivity contribution in [2.45, 2.75) is 19.4 Å². The largest absolute Gasteiger partial charge is 0.455 e. The zero-order valence-electron chi connectivity index (χ0n) is 13.6. The molecule has 0 saturated carbocycles. The van der Waals surface area contributed by atoms with E-state index in [-0.39, 0.29) is 11.9 Å². The van der Waals surface area contributed by atoms with Gasteiger partial charge in [0.15, 0.2) is 0 Å². The van der Waals surface area contributed by atoms with Gasteiger partial charge >= 0.3 is 0 Å². The molecule has 0 spiro atoms. The minimum Gasteiger partial charge on any atom is -0.455 e. The van der Waals surface area contributed by atoms with Gasteiger partial charge < -0.3 is 15.4 Å². The van der Waals surface area contributed by atoms with Gasteiger partial charge in [-0.25, -0.2) is 0 Å². The molecule has 1 aromatic heterocycles. The molecular formula is C18H21N3O2S. The Bertz CT molecular complexity index is 688. The monoisotopic (exact) mass is 343 g/mol. The van der Waals surface area contributed by atoms with E-state index in [1.165, 1.54) is 0 Å². The SMILES string of the molecule is Cc1cc(NC(=O)CC2CSCCN2)ccc1Oc1cccnc1. The van der Waals surface area contributed by atoms with Crippen molar-refractivity contribution in [3.05, 3.63) is 48.3 Å². The second kappa shape index (κ2) is 8.17. The average molecular weight is 343 g/mol. The van der Waals surface area contributed by atoms with E-state index in [4.69, 9.17) is 4.74 Å². The van der Waals surface area contributed by atoms with Crippen LogP contribution in [0.3, 0.4) is 0 Å². The van der Waals surface area contributed by atoms with Crippen LogP contribution in [0.5, 0.6) is 11.5 Å². The third-order valence-corrected chi connectivity index (χ3v) is 4.88. The molecule has 6 heteroatoms. The quantitative estimate of drug-likeness (QED) is 0.873. The molecule has 0 bridgehead atoms. The lowest BCUT2D eigenvalue weighted by molar-refractivity contribution is -0.116. The highest BCUT2D eigenvalue weighted by Crippen LogP contribution is 2.27. The van der Waals surface area contributed by atoms with Crippen LogP contribution in [-0.2, 0) is 4.79 Å². The molecule has 1 saturated heterocycles. The van der Waals surface area contributed by atoms with Gasteiger partial charge in [-0.2, -0.15) is 11.8 Å². The van der Waals surface area contributed by atoms with Crippen LogP contribution >= 0.6 is 11.8 Å². The Morgan fingerprint density at radius 2 is 2.38 bits per heavy atom. The smallest absolute Gasteiger partial charge is 0.225 e. The van der Waals surface area contributed by atoms with Crippen molar-refractivity contribution in [1.82, 2.24) is 10.3 Å². The second-order valence-corrected chi connectivity index (χ2v) is 6.90. The van der Waals surface area contributed by atoms with Gasteiger partial charge in [0.25, 0.3) is 0 Å². The van der Waals surface area contributed by atoms with E-state index in [9.17, 15) is 4.79 Å². The number of thioether (sulfide) groups is 1. The zero-order valence-corrected chi connectivity index (χ0v) is 14.4. The van der Waals surface area contributed by atoms with Crippen LogP contribution in [0.1, 0.15) is 12.0 Å². The topological polar surface area (TPSA) is 63.2 Å². The number of aromatic nitrogens is 1.